The van der Waals surface area contributed by atoms with Gasteiger partial charge in [-0.1, -0.05) is 24.1 Å². The Morgan fingerprint density at radius 3 is 2.79 bits per heavy atom. The Bertz CT molecular complexity index is 1690. The molecule has 2 saturated carbocycles. The van der Waals surface area contributed by atoms with Gasteiger partial charge in [0.2, 0.25) is 5.76 Å². The average molecular weight is 506 g/mol. The fraction of sp³-hybridized carbons (Fsp3) is 0.276. The van der Waals surface area contributed by atoms with Crippen LogP contribution in [0.4, 0.5) is 5.82 Å². The minimum Gasteiger partial charge on any atom is -0.490 e. The van der Waals surface area contributed by atoms with E-state index < -0.39 is 0 Å². The third-order valence-corrected chi connectivity index (χ3v) is 8.11. The summed E-state index contributed by atoms with van der Waals surface area (Å²) in [5, 5.41) is 4.94. The van der Waals surface area contributed by atoms with Gasteiger partial charge in [-0.15, -0.1) is 6.42 Å². The normalized spacial score (nSPS) is 22.5. The lowest BCUT2D eigenvalue weighted by Crippen LogP contribution is -2.45. The van der Waals surface area contributed by atoms with Gasteiger partial charge in [0, 0.05) is 33.8 Å². The van der Waals surface area contributed by atoms with Crippen LogP contribution >= 0.6 is 0 Å². The van der Waals surface area contributed by atoms with E-state index in [1.165, 1.54) is 19.6 Å². The lowest BCUT2D eigenvalue weighted by molar-refractivity contribution is -0.122. The van der Waals surface area contributed by atoms with Gasteiger partial charge >= 0.3 is 0 Å². The van der Waals surface area contributed by atoms with E-state index in [1.54, 1.807) is 0 Å². The quantitative estimate of drug-likeness (QED) is 0.177. The van der Waals surface area contributed by atoms with Crippen LogP contribution in [-0.2, 0) is 15.1 Å². The first-order valence-corrected chi connectivity index (χ1v) is 12.4. The smallest absolute Gasteiger partial charge is 0.288 e. The number of terminal acetylenes is 1. The number of nitrogens with zero attached hydrogens (tertiary/aromatic N) is 5. The molecule has 2 bridgehead atoms. The molecule has 2 aliphatic carbocycles. The van der Waals surface area contributed by atoms with Crippen LogP contribution in [0.1, 0.15) is 37.8 Å². The van der Waals surface area contributed by atoms with Gasteiger partial charge in [0.1, 0.15) is 23.5 Å². The fourth-order valence-corrected chi connectivity index (χ4v) is 6.46. The summed E-state index contributed by atoms with van der Waals surface area (Å²) in [6.45, 7) is 3.42. The number of nitrogens with one attached hydrogen (secondary N) is 1. The number of pyridine rings is 1. The number of anilines is 1. The van der Waals surface area contributed by atoms with Crippen molar-refractivity contribution in [2.75, 3.05) is 12.8 Å². The lowest BCUT2D eigenvalue weighted by atomic mass is 9.90. The summed E-state index contributed by atoms with van der Waals surface area (Å²) in [4.78, 5) is 30.3. The van der Waals surface area contributed by atoms with Crippen molar-refractivity contribution in [1.29, 1.82) is 0 Å². The molecule has 2 aliphatic rings. The maximum atomic E-state index is 12.9. The minimum absolute atomic E-state index is 0.126. The molecule has 3 heterocycles. The molecule has 0 spiro atoms. The average Bonchev–Trinajstić information content (AvgIpc) is 3.60. The molecule has 9 nitrogen and oxygen atoms in total. The Hall–Kier alpha value is -4.71. The summed E-state index contributed by atoms with van der Waals surface area (Å²) in [5.74, 6) is 3.15. The number of nitrogen functional groups attached to an aromatic ring is 1. The summed E-state index contributed by atoms with van der Waals surface area (Å²) < 4.78 is 7.38. The van der Waals surface area contributed by atoms with Gasteiger partial charge in [-0.05, 0) is 51.0 Å². The molecule has 0 saturated heterocycles. The van der Waals surface area contributed by atoms with Crippen LogP contribution in [0.25, 0.3) is 33.1 Å². The highest BCUT2D eigenvalue weighted by Crippen LogP contribution is 2.57. The van der Waals surface area contributed by atoms with Crippen LogP contribution < -0.4 is 11.1 Å². The minimum atomic E-state index is -0.387. The van der Waals surface area contributed by atoms with Crippen LogP contribution in [0.2, 0.25) is 0 Å². The molecule has 0 unspecified atom stereocenters. The molecule has 0 atom stereocenters. The number of carbonyl (C=O) groups is 1. The van der Waals surface area contributed by atoms with Crippen LogP contribution in [0.5, 0.6) is 0 Å². The van der Waals surface area contributed by atoms with Crippen molar-refractivity contribution in [2.45, 2.75) is 43.2 Å². The first kappa shape index (κ1) is 23.7. The zero-order chi connectivity index (χ0) is 26.5. The van der Waals surface area contributed by atoms with Gasteiger partial charge in [0.25, 0.3) is 5.91 Å². The molecular weight excluding hydrogens is 478 g/mol. The molecule has 2 fully saturated rings. The van der Waals surface area contributed by atoms with Crippen molar-refractivity contribution in [1.82, 2.24) is 24.8 Å². The monoisotopic (exact) mass is 505 g/mol. The van der Waals surface area contributed by atoms with Crippen molar-refractivity contribution in [3.8, 4) is 23.5 Å². The van der Waals surface area contributed by atoms with E-state index in [1.807, 2.05) is 30.5 Å². The number of hydrogen-bond acceptors (Lipinski definition) is 7. The van der Waals surface area contributed by atoms with Gasteiger partial charge in [-0.25, -0.2) is 9.97 Å². The molecule has 38 heavy (non-hydrogen) atoms. The Kier molecular flexibility index (Phi) is 5.42. The highest BCUT2D eigenvalue weighted by molar-refractivity contribution is 6.04. The van der Waals surface area contributed by atoms with Crippen molar-refractivity contribution >= 4 is 40.4 Å². The van der Waals surface area contributed by atoms with E-state index in [-0.39, 0.29) is 22.7 Å². The molecule has 0 aliphatic heterocycles. The molecule has 3 aromatic heterocycles. The summed E-state index contributed by atoms with van der Waals surface area (Å²) >= 11 is 0. The zero-order valence-electron chi connectivity index (χ0n) is 21.1. The maximum absolute atomic E-state index is 12.9. The third-order valence-electron chi connectivity index (χ3n) is 8.11. The molecule has 1 aromatic carbocycles. The SMILES string of the molecule is C#Cc1c(-c2cnc3ccccc3c2)c2c(N)ncnc2n1C12CCC(NC(=O)/C(=C/N=C)OC)(CC1)C2. The summed E-state index contributed by atoms with van der Waals surface area (Å²) in [6.07, 6.45) is 14.8. The number of benzene rings is 1. The Labute approximate surface area is 219 Å². The summed E-state index contributed by atoms with van der Waals surface area (Å²) in [5.41, 5.74) is 9.71. The Morgan fingerprint density at radius 2 is 2.05 bits per heavy atom. The number of carbonyl (C=O) groups excluding carboxylic acids is 1. The summed E-state index contributed by atoms with van der Waals surface area (Å²) in [6, 6.07) is 10.0. The zero-order valence-corrected chi connectivity index (χ0v) is 21.1. The van der Waals surface area contributed by atoms with Crippen molar-refractivity contribution in [2.24, 2.45) is 4.99 Å². The van der Waals surface area contributed by atoms with Gasteiger partial charge in [-0.3, -0.25) is 14.8 Å². The van der Waals surface area contributed by atoms with E-state index in [4.69, 9.17) is 16.9 Å². The van der Waals surface area contributed by atoms with E-state index >= 15 is 0 Å². The number of nitrogens with two attached hydrogens (primary N) is 1. The van der Waals surface area contributed by atoms with Crippen molar-refractivity contribution in [3.63, 3.8) is 0 Å². The first-order valence-electron chi connectivity index (χ1n) is 12.4. The predicted molar refractivity (Wildman–Crippen MR) is 147 cm³/mol. The second kappa shape index (κ2) is 8.70. The topological polar surface area (TPSA) is 120 Å². The highest BCUT2D eigenvalue weighted by Gasteiger charge is 2.57. The number of aliphatic imine (C=N–C) groups is 1. The van der Waals surface area contributed by atoms with Gasteiger partial charge in [0.15, 0.2) is 0 Å². The van der Waals surface area contributed by atoms with Crippen LogP contribution in [-0.4, -0.2) is 44.8 Å². The number of fused-ring (bicyclic) bond motifs is 4. The van der Waals surface area contributed by atoms with Crippen molar-refractivity contribution < 1.29 is 9.53 Å². The van der Waals surface area contributed by atoms with Gasteiger partial charge < -0.3 is 20.4 Å². The largest absolute Gasteiger partial charge is 0.490 e. The van der Waals surface area contributed by atoms with Crippen LogP contribution in [0, 0.1) is 12.3 Å². The van der Waals surface area contributed by atoms with Crippen LogP contribution in [0.15, 0.2) is 59.8 Å². The molecular formula is C29H27N7O2. The standard InChI is InChI=1S/C29H27N7O2/c1-4-21-23(19-13-18-7-5-6-8-20(18)32-14-19)24-25(30)33-17-34-26(24)36(21)29-11-9-28(16-29,10-12-29)35-27(37)22(38-3)15-31-2/h1,5-8,13-15,17H,2,9-12,16H2,3H3,(H,35,37)(H2,30,33,34)/b22-15-. The number of aromatic nitrogens is 4. The van der Waals surface area contributed by atoms with E-state index in [0.29, 0.717) is 23.6 Å². The van der Waals surface area contributed by atoms with E-state index in [0.717, 1.165) is 53.1 Å². The number of ether oxygens (including phenoxy) is 1. The number of methoxy groups -OCH3 is 1. The molecule has 3 N–H and O–H groups in total. The second-order valence-corrected chi connectivity index (χ2v) is 10.1. The lowest BCUT2D eigenvalue weighted by Gasteiger charge is -2.30. The Morgan fingerprint density at radius 1 is 1.26 bits per heavy atom. The number of amides is 1. The molecule has 6 rings (SSSR count). The molecule has 4 aromatic rings. The molecule has 9 heteroatoms. The summed E-state index contributed by atoms with van der Waals surface area (Å²) in [7, 11) is 1.44. The number of rotatable bonds is 6. The third kappa shape index (κ3) is 3.44. The first-order chi connectivity index (χ1) is 18.4. The second-order valence-electron chi connectivity index (χ2n) is 10.1. The number of para-hydroxylation sites is 1. The molecule has 1 amide bonds. The maximum Gasteiger partial charge on any atom is 0.288 e. The van der Waals surface area contributed by atoms with E-state index in [2.05, 4.69) is 48.5 Å². The fourth-order valence-electron chi connectivity index (χ4n) is 6.46. The molecule has 0 radical (unpaired) electrons. The molecule has 190 valence electrons. The predicted octanol–water partition coefficient (Wildman–Crippen LogP) is 3.93. The highest BCUT2D eigenvalue weighted by atomic mass is 16.5. The van der Waals surface area contributed by atoms with E-state index in [9.17, 15) is 4.79 Å². The van der Waals surface area contributed by atoms with Gasteiger partial charge in [-0.2, -0.15) is 0 Å². The van der Waals surface area contributed by atoms with Crippen LogP contribution in [0.3, 0.4) is 0 Å². The van der Waals surface area contributed by atoms with Gasteiger partial charge in [0.05, 0.1) is 24.2 Å². The number of hydrogen-bond donors (Lipinski definition) is 2. The Balaban J connectivity index is 1.49. The van der Waals surface area contributed by atoms with Crippen molar-refractivity contribution in [3.05, 3.63) is 60.5 Å².